The summed E-state index contributed by atoms with van der Waals surface area (Å²) < 4.78 is 10.3. The first kappa shape index (κ1) is 15.8. The van der Waals surface area contributed by atoms with E-state index in [0.717, 1.165) is 38.2 Å². The second-order valence-corrected chi connectivity index (χ2v) is 5.17. The van der Waals surface area contributed by atoms with Crippen molar-refractivity contribution in [2.75, 3.05) is 32.8 Å². The van der Waals surface area contributed by atoms with Crippen molar-refractivity contribution in [1.29, 1.82) is 0 Å². The van der Waals surface area contributed by atoms with E-state index in [2.05, 4.69) is 22.0 Å². The average molecular weight is 296 g/mol. The van der Waals surface area contributed by atoms with E-state index in [-0.39, 0.29) is 6.09 Å². The Bertz CT molecular complexity index is 441. The van der Waals surface area contributed by atoms with Gasteiger partial charge >= 0.3 is 6.09 Å². The number of rotatable bonds is 6. The first-order valence-electron chi connectivity index (χ1n) is 7.68. The van der Waals surface area contributed by atoms with Crippen LogP contribution in [0, 0.1) is 0 Å². The van der Waals surface area contributed by atoms with Crippen LogP contribution in [0.2, 0.25) is 0 Å². The zero-order valence-corrected chi connectivity index (χ0v) is 12.9. The van der Waals surface area contributed by atoms with Gasteiger partial charge < -0.3 is 14.2 Å². The van der Waals surface area contributed by atoms with Crippen LogP contribution < -0.4 is 0 Å². The Morgan fingerprint density at radius 1 is 1.29 bits per heavy atom. The molecule has 21 heavy (non-hydrogen) atoms. The molecule has 2 heterocycles. The highest BCUT2D eigenvalue weighted by Crippen LogP contribution is 2.09. The van der Waals surface area contributed by atoms with Crippen molar-refractivity contribution in [1.82, 2.24) is 19.9 Å². The molecule has 7 heteroatoms. The van der Waals surface area contributed by atoms with E-state index in [1.807, 2.05) is 6.92 Å². The van der Waals surface area contributed by atoms with Crippen molar-refractivity contribution >= 4 is 6.09 Å². The maximum Gasteiger partial charge on any atom is 0.409 e. The highest BCUT2D eigenvalue weighted by molar-refractivity contribution is 5.67. The largest absolute Gasteiger partial charge is 0.450 e. The lowest BCUT2D eigenvalue weighted by Gasteiger charge is -2.33. The zero-order valence-electron chi connectivity index (χ0n) is 12.9. The highest BCUT2D eigenvalue weighted by atomic mass is 16.6. The standard InChI is InChI=1S/C14H24N4O3/c1-3-5-6-12-15-13(21-16-12)11-17-7-9-18(10-8-17)14(19)20-4-2/h3-11H2,1-2H3. The van der Waals surface area contributed by atoms with Crippen molar-refractivity contribution in [3.05, 3.63) is 11.7 Å². The number of hydrogen-bond acceptors (Lipinski definition) is 6. The molecule has 0 aromatic carbocycles. The summed E-state index contributed by atoms with van der Waals surface area (Å²) in [4.78, 5) is 20.0. The number of unbranched alkanes of at least 4 members (excludes halogenated alkanes) is 1. The molecule has 0 atom stereocenters. The summed E-state index contributed by atoms with van der Waals surface area (Å²) in [5, 5.41) is 3.99. The fourth-order valence-electron chi connectivity index (χ4n) is 2.29. The fourth-order valence-corrected chi connectivity index (χ4v) is 2.29. The van der Waals surface area contributed by atoms with Crippen molar-refractivity contribution < 1.29 is 14.1 Å². The second-order valence-electron chi connectivity index (χ2n) is 5.17. The van der Waals surface area contributed by atoms with Crippen LogP contribution in [-0.4, -0.2) is 58.8 Å². The quantitative estimate of drug-likeness (QED) is 0.795. The topological polar surface area (TPSA) is 71.7 Å². The minimum Gasteiger partial charge on any atom is -0.450 e. The van der Waals surface area contributed by atoms with Gasteiger partial charge in [0, 0.05) is 32.6 Å². The summed E-state index contributed by atoms with van der Waals surface area (Å²) in [5.41, 5.74) is 0. The van der Waals surface area contributed by atoms with E-state index in [1.54, 1.807) is 4.90 Å². The second kappa shape index (κ2) is 7.97. The number of aryl methyl sites for hydroxylation is 1. The minimum atomic E-state index is -0.225. The Balaban J connectivity index is 1.75. The smallest absolute Gasteiger partial charge is 0.409 e. The number of aromatic nitrogens is 2. The highest BCUT2D eigenvalue weighted by Gasteiger charge is 2.23. The summed E-state index contributed by atoms with van der Waals surface area (Å²) in [6.45, 7) is 7.98. The lowest BCUT2D eigenvalue weighted by atomic mass is 10.2. The van der Waals surface area contributed by atoms with Gasteiger partial charge in [-0.15, -0.1) is 0 Å². The predicted octanol–water partition coefficient (Wildman–Crippen LogP) is 1.69. The summed E-state index contributed by atoms with van der Waals surface area (Å²) >= 11 is 0. The van der Waals surface area contributed by atoms with Crippen LogP contribution in [0.25, 0.3) is 0 Å². The van der Waals surface area contributed by atoms with E-state index < -0.39 is 0 Å². The Morgan fingerprint density at radius 3 is 2.71 bits per heavy atom. The van der Waals surface area contributed by atoms with Crippen LogP contribution in [-0.2, 0) is 17.7 Å². The first-order valence-corrected chi connectivity index (χ1v) is 7.68. The Kier molecular flexibility index (Phi) is 5.98. The summed E-state index contributed by atoms with van der Waals surface area (Å²) in [5.74, 6) is 1.45. The van der Waals surface area contributed by atoms with Gasteiger partial charge in [0.25, 0.3) is 0 Å². The number of piperazine rings is 1. The van der Waals surface area contributed by atoms with Crippen molar-refractivity contribution in [2.45, 2.75) is 39.7 Å². The van der Waals surface area contributed by atoms with Gasteiger partial charge in [-0.05, 0) is 13.3 Å². The molecule has 0 spiro atoms. The molecule has 1 fully saturated rings. The normalized spacial score (nSPS) is 16.2. The van der Waals surface area contributed by atoms with Gasteiger partial charge in [0.2, 0.25) is 5.89 Å². The summed E-state index contributed by atoms with van der Waals surface area (Å²) in [6.07, 6.45) is 2.85. The van der Waals surface area contributed by atoms with Gasteiger partial charge in [0.05, 0.1) is 13.2 Å². The number of carbonyl (C=O) groups excluding carboxylic acids is 1. The molecule has 0 bridgehead atoms. The van der Waals surface area contributed by atoms with E-state index in [0.29, 0.717) is 32.1 Å². The van der Waals surface area contributed by atoms with Crippen LogP contribution in [0.1, 0.15) is 38.4 Å². The molecule has 0 N–H and O–H groups in total. The van der Waals surface area contributed by atoms with Crippen LogP contribution >= 0.6 is 0 Å². The maximum absolute atomic E-state index is 11.6. The third-order valence-corrected chi connectivity index (χ3v) is 3.52. The minimum absolute atomic E-state index is 0.225. The van der Waals surface area contributed by atoms with Crippen LogP contribution in [0.15, 0.2) is 4.52 Å². The molecule has 1 aliphatic heterocycles. The number of nitrogens with zero attached hydrogens (tertiary/aromatic N) is 4. The van der Waals surface area contributed by atoms with E-state index >= 15 is 0 Å². The molecule has 1 aromatic heterocycles. The Hall–Kier alpha value is -1.63. The third kappa shape index (κ3) is 4.70. The summed E-state index contributed by atoms with van der Waals surface area (Å²) in [6, 6.07) is 0. The van der Waals surface area contributed by atoms with Crippen LogP contribution in [0.4, 0.5) is 4.79 Å². The SMILES string of the molecule is CCCCc1noc(CN2CCN(C(=O)OCC)CC2)n1. The average Bonchev–Trinajstić information content (AvgIpc) is 2.93. The molecule has 1 amide bonds. The first-order chi connectivity index (χ1) is 10.2. The monoisotopic (exact) mass is 296 g/mol. The molecule has 0 unspecified atom stereocenters. The molecular weight excluding hydrogens is 272 g/mol. The Morgan fingerprint density at radius 2 is 2.05 bits per heavy atom. The number of hydrogen-bond donors (Lipinski definition) is 0. The summed E-state index contributed by atoms with van der Waals surface area (Å²) in [7, 11) is 0. The molecule has 0 aliphatic carbocycles. The zero-order chi connectivity index (χ0) is 15.1. The molecule has 0 radical (unpaired) electrons. The lowest BCUT2D eigenvalue weighted by Crippen LogP contribution is -2.48. The molecule has 118 valence electrons. The van der Waals surface area contributed by atoms with Gasteiger partial charge in [0.15, 0.2) is 5.82 Å². The van der Waals surface area contributed by atoms with Crippen molar-refractivity contribution in [3.63, 3.8) is 0 Å². The Labute approximate surface area is 125 Å². The van der Waals surface area contributed by atoms with Gasteiger partial charge in [-0.1, -0.05) is 18.5 Å². The van der Waals surface area contributed by atoms with Crippen molar-refractivity contribution in [3.8, 4) is 0 Å². The van der Waals surface area contributed by atoms with E-state index in [4.69, 9.17) is 9.26 Å². The van der Waals surface area contributed by atoms with Gasteiger partial charge in [-0.2, -0.15) is 4.98 Å². The van der Waals surface area contributed by atoms with E-state index in [9.17, 15) is 4.79 Å². The van der Waals surface area contributed by atoms with Crippen molar-refractivity contribution in [2.24, 2.45) is 0 Å². The van der Waals surface area contributed by atoms with Gasteiger partial charge in [-0.3, -0.25) is 4.90 Å². The maximum atomic E-state index is 11.6. The van der Waals surface area contributed by atoms with Crippen LogP contribution in [0.5, 0.6) is 0 Å². The van der Waals surface area contributed by atoms with Gasteiger partial charge in [-0.25, -0.2) is 4.79 Å². The number of ether oxygens (including phenoxy) is 1. The van der Waals surface area contributed by atoms with Gasteiger partial charge in [0.1, 0.15) is 0 Å². The molecule has 1 aliphatic rings. The fraction of sp³-hybridized carbons (Fsp3) is 0.786. The predicted molar refractivity (Wildman–Crippen MR) is 76.8 cm³/mol. The molecule has 0 saturated carbocycles. The third-order valence-electron chi connectivity index (χ3n) is 3.52. The molecule has 7 nitrogen and oxygen atoms in total. The molecule has 1 aromatic rings. The molecular formula is C14H24N4O3. The van der Waals surface area contributed by atoms with Crippen LogP contribution in [0.3, 0.4) is 0 Å². The number of carbonyl (C=O) groups is 1. The molecule has 2 rings (SSSR count). The number of amides is 1. The van der Waals surface area contributed by atoms with E-state index in [1.165, 1.54) is 0 Å². The lowest BCUT2D eigenvalue weighted by molar-refractivity contribution is 0.0749. The molecule has 1 saturated heterocycles.